The number of nitrogens with zero attached hydrogens (tertiary/aromatic N) is 5. The maximum Gasteiger partial charge on any atom is 0.160 e. The molecule has 0 saturated heterocycles. The molecule has 5 aromatic heterocycles. The van der Waals surface area contributed by atoms with Gasteiger partial charge in [-0.25, -0.2) is 9.97 Å². The van der Waals surface area contributed by atoms with Crippen LogP contribution in [0.5, 0.6) is 0 Å². The predicted octanol–water partition coefficient (Wildman–Crippen LogP) is 2.29. The normalized spacial score (nSPS) is 11.5. The smallest absolute Gasteiger partial charge is 0.160 e. The van der Waals surface area contributed by atoms with Crippen molar-refractivity contribution in [1.82, 2.24) is 40.3 Å². The van der Waals surface area contributed by atoms with Gasteiger partial charge in [-0.3, -0.25) is 15.2 Å². The van der Waals surface area contributed by atoms with Crippen LogP contribution in [-0.2, 0) is 0 Å². The molecule has 5 heterocycles. The fraction of sp³-hybridized carbons (Fsp3) is 0. The molecule has 8 heteroatoms. The van der Waals surface area contributed by atoms with Crippen LogP contribution in [0, 0.1) is 0 Å². The average Bonchev–Trinajstić information content (AvgIpc) is 3.32. The Morgan fingerprint density at radius 1 is 1.09 bits per heavy atom. The van der Waals surface area contributed by atoms with Crippen LogP contribution >= 0.6 is 0 Å². The number of fused-ring (bicyclic) bond motifs is 2. The molecule has 0 aromatic carbocycles. The van der Waals surface area contributed by atoms with E-state index in [1.54, 1.807) is 24.8 Å². The van der Waals surface area contributed by atoms with Crippen LogP contribution in [0.1, 0.15) is 0 Å². The molecule has 0 aliphatic carbocycles. The minimum Gasteiger partial charge on any atom is -0.321 e. The van der Waals surface area contributed by atoms with E-state index in [1.807, 2.05) is 18.2 Å². The highest BCUT2D eigenvalue weighted by atomic mass is 15.1. The van der Waals surface area contributed by atoms with Gasteiger partial charge in [-0.1, -0.05) is 0 Å². The van der Waals surface area contributed by atoms with E-state index in [2.05, 4.69) is 40.3 Å². The third-order valence-electron chi connectivity index (χ3n) is 3.72. The van der Waals surface area contributed by atoms with Crippen LogP contribution in [0.3, 0.4) is 0 Å². The first-order valence-electron chi connectivity index (χ1n) is 7.03. The molecule has 0 saturated carbocycles. The maximum atomic E-state index is 4.56. The molecule has 5 rings (SSSR count). The molecular weight excluding hydrogens is 292 g/mol. The zero-order valence-electron chi connectivity index (χ0n) is 11.8. The molecule has 5 aromatic rings. The topological polar surface area (TPSA) is 112 Å². The first-order chi connectivity index (χ1) is 11.4. The van der Waals surface area contributed by atoms with E-state index in [9.17, 15) is 0 Å². The maximum absolute atomic E-state index is 4.56. The standard InChI is InChI=1S/C15H10N8/c1-2-10-14(16-3-1)21-15(20-10)13-9-4-11(8-5-18-19-6-8)17-7-12(9)22-23-13/h1-7H,(H,18,19)(H,22,23)(H,16,20,21). The zero-order valence-corrected chi connectivity index (χ0v) is 11.8. The predicted molar refractivity (Wildman–Crippen MR) is 84.4 cm³/mol. The highest BCUT2D eigenvalue weighted by Gasteiger charge is 2.14. The number of H-pyrrole nitrogens is 3. The first kappa shape index (κ1) is 12.0. The minimum absolute atomic E-state index is 0.675. The van der Waals surface area contributed by atoms with Crippen LogP contribution < -0.4 is 0 Å². The lowest BCUT2D eigenvalue weighted by molar-refractivity contribution is 1.09. The SMILES string of the molecule is c1cnc2[nH]c(-c3n[nH]c4cnc(-c5cn[nH]c5)cc34)nc2c1. The van der Waals surface area contributed by atoms with Gasteiger partial charge < -0.3 is 4.98 Å². The summed E-state index contributed by atoms with van der Waals surface area (Å²) in [5, 5.41) is 15.1. The van der Waals surface area contributed by atoms with Gasteiger partial charge in [0.2, 0.25) is 0 Å². The Morgan fingerprint density at radius 3 is 2.96 bits per heavy atom. The molecule has 0 bridgehead atoms. The molecule has 110 valence electrons. The van der Waals surface area contributed by atoms with Gasteiger partial charge in [-0.05, 0) is 18.2 Å². The molecule has 0 unspecified atom stereocenters. The van der Waals surface area contributed by atoms with Gasteiger partial charge in [-0.15, -0.1) is 0 Å². The van der Waals surface area contributed by atoms with E-state index in [-0.39, 0.29) is 0 Å². The number of nitrogens with one attached hydrogen (secondary N) is 3. The van der Waals surface area contributed by atoms with Crippen molar-refractivity contribution in [3.8, 4) is 22.8 Å². The number of hydrogen-bond acceptors (Lipinski definition) is 5. The van der Waals surface area contributed by atoms with Crippen molar-refractivity contribution in [3.05, 3.63) is 43.0 Å². The van der Waals surface area contributed by atoms with Gasteiger partial charge >= 0.3 is 0 Å². The summed E-state index contributed by atoms with van der Waals surface area (Å²) in [5.41, 5.74) is 4.88. The molecule has 3 N–H and O–H groups in total. The lowest BCUT2D eigenvalue weighted by Crippen LogP contribution is -1.84. The molecule has 0 spiro atoms. The molecular formula is C15H10N8. The van der Waals surface area contributed by atoms with Crippen molar-refractivity contribution in [2.45, 2.75) is 0 Å². The van der Waals surface area contributed by atoms with Crippen molar-refractivity contribution >= 4 is 22.1 Å². The van der Waals surface area contributed by atoms with E-state index < -0.39 is 0 Å². The lowest BCUT2D eigenvalue weighted by atomic mass is 10.1. The zero-order chi connectivity index (χ0) is 15.2. The number of aromatic amines is 3. The molecule has 23 heavy (non-hydrogen) atoms. The Hall–Kier alpha value is -3.55. The van der Waals surface area contributed by atoms with Gasteiger partial charge in [-0.2, -0.15) is 10.2 Å². The van der Waals surface area contributed by atoms with E-state index in [4.69, 9.17) is 0 Å². The molecule has 0 fully saturated rings. The lowest BCUT2D eigenvalue weighted by Gasteiger charge is -1.97. The van der Waals surface area contributed by atoms with Crippen molar-refractivity contribution in [1.29, 1.82) is 0 Å². The number of hydrogen-bond donors (Lipinski definition) is 3. The van der Waals surface area contributed by atoms with Gasteiger partial charge in [0.25, 0.3) is 0 Å². The van der Waals surface area contributed by atoms with E-state index in [1.165, 1.54) is 0 Å². The molecule has 8 nitrogen and oxygen atoms in total. The Bertz CT molecular complexity index is 1090. The Labute approximate surface area is 129 Å². The summed E-state index contributed by atoms with van der Waals surface area (Å²) in [4.78, 5) is 16.5. The Morgan fingerprint density at radius 2 is 2.09 bits per heavy atom. The first-order valence-corrected chi connectivity index (χ1v) is 7.03. The fourth-order valence-electron chi connectivity index (χ4n) is 2.60. The van der Waals surface area contributed by atoms with Crippen molar-refractivity contribution in [3.63, 3.8) is 0 Å². The van der Waals surface area contributed by atoms with Crippen LogP contribution in [0.15, 0.2) is 43.0 Å². The van der Waals surface area contributed by atoms with Crippen molar-refractivity contribution in [2.75, 3.05) is 0 Å². The Balaban J connectivity index is 1.73. The number of imidazole rings is 1. The third kappa shape index (κ3) is 1.81. The summed E-state index contributed by atoms with van der Waals surface area (Å²) in [5.74, 6) is 0.675. The van der Waals surface area contributed by atoms with Gasteiger partial charge in [0.15, 0.2) is 11.5 Å². The van der Waals surface area contributed by atoms with Crippen LogP contribution in [0.25, 0.3) is 44.8 Å². The van der Waals surface area contributed by atoms with Gasteiger partial charge in [0, 0.05) is 23.3 Å². The summed E-state index contributed by atoms with van der Waals surface area (Å²) < 4.78 is 0. The largest absolute Gasteiger partial charge is 0.321 e. The highest BCUT2D eigenvalue weighted by molar-refractivity contribution is 5.94. The summed E-state index contributed by atoms with van der Waals surface area (Å²) in [6.07, 6.45) is 7.03. The molecule has 0 radical (unpaired) electrons. The summed E-state index contributed by atoms with van der Waals surface area (Å²) >= 11 is 0. The van der Waals surface area contributed by atoms with E-state index >= 15 is 0 Å². The quantitative estimate of drug-likeness (QED) is 0.463. The van der Waals surface area contributed by atoms with Crippen molar-refractivity contribution in [2.24, 2.45) is 0 Å². The summed E-state index contributed by atoms with van der Waals surface area (Å²) in [6.45, 7) is 0. The minimum atomic E-state index is 0.675. The molecule has 0 atom stereocenters. The van der Waals surface area contributed by atoms with Crippen LogP contribution in [-0.4, -0.2) is 40.3 Å². The highest BCUT2D eigenvalue weighted by Crippen LogP contribution is 2.28. The fourth-order valence-corrected chi connectivity index (χ4v) is 2.60. The molecule has 0 amide bonds. The van der Waals surface area contributed by atoms with Crippen LogP contribution in [0.2, 0.25) is 0 Å². The molecule has 0 aliphatic rings. The third-order valence-corrected chi connectivity index (χ3v) is 3.72. The second-order valence-corrected chi connectivity index (χ2v) is 5.13. The molecule has 0 aliphatic heterocycles. The van der Waals surface area contributed by atoms with Gasteiger partial charge in [0.1, 0.15) is 11.2 Å². The van der Waals surface area contributed by atoms with E-state index in [0.29, 0.717) is 5.82 Å². The number of pyridine rings is 2. The van der Waals surface area contributed by atoms with Gasteiger partial charge in [0.05, 0.1) is 23.6 Å². The van der Waals surface area contributed by atoms with Crippen LogP contribution in [0.4, 0.5) is 0 Å². The van der Waals surface area contributed by atoms with Crippen molar-refractivity contribution < 1.29 is 0 Å². The summed E-state index contributed by atoms with van der Waals surface area (Å²) in [7, 11) is 0. The number of rotatable bonds is 2. The second kappa shape index (κ2) is 4.47. The summed E-state index contributed by atoms with van der Waals surface area (Å²) in [6, 6.07) is 5.74. The van der Waals surface area contributed by atoms with E-state index in [0.717, 1.165) is 39.0 Å². The Kier molecular flexibility index (Phi) is 2.34. The number of aromatic nitrogens is 8. The average molecular weight is 302 g/mol. The second-order valence-electron chi connectivity index (χ2n) is 5.13. The monoisotopic (exact) mass is 302 g/mol.